The molecule has 0 heterocycles. The van der Waals surface area contributed by atoms with Crippen LogP contribution in [0.4, 0.5) is 4.39 Å². The number of rotatable bonds is 1. The summed E-state index contributed by atoms with van der Waals surface area (Å²) in [5.41, 5.74) is 1.47. The van der Waals surface area contributed by atoms with E-state index in [9.17, 15) is 4.39 Å². The van der Waals surface area contributed by atoms with Crippen LogP contribution in [-0.4, -0.2) is 11.4 Å². The minimum absolute atomic E-state index is 0.328. The van der Waals surface area contributed by atoms with Crippen molar-refractivity contribution in [3.05, 3.63) is 35.1 Å². The molecule has 1 aromatic carbocycles. The summed E-state index contributed by atoms with van der Waals surface area (Å²) in [5.74, 6) is -0.328. The predicted molar refractivity (Wildman–Crippen MR) is 40.5 cm³/mol. The van der Waals surface area contributed by atoms with Crippen LogP contribution in [0.2, 0.25) is 0 Å². The van der Waals surface area contributed by atoms with E-state index in [0.717, 1.165) is 5.56 Å². The normalized spacial score (nSPS) is 10.7. The highest BCUT2D eigenvalue weighted by Gasteiger charge is 1.96. The minimum Gasteiger partial charge on any atom is -0.411 e. The molecule has 0 aliphatic carbocycles. The van der Waals surface area contributed by atoms with Crippen molar-refractivity contribution in [1.29, 1.82) is 0 Å². The molecule has 1 N–H and O–H groups in total. The van der Waals surface area contributed by atoms with Crippen molar-refractivity contribution in [1.82, 2.24) is 0 Å². The van der Waals surface area contributed by atoms with Crippen molar-refractivity contribution in [2.45, 2.75) is 6.92 Å². The smallest absolute Gasteiger partial charge is 0.123 e. The maximum absolute atomic E-state index is 12.5. The van der Waals surface area contributed by atoms with Crippen LogP contribution in [0.25, 0.3) is 0 Å². The molecular weight excluding hydrogens is 145 g/mol. The van der Waals surface area contributed by atoms with Crippen molar-refractivity contribution in [3.63, 3.8) is 0 Å². The Bertz CT molecular complexity index is 283. The average molecular weight is 153 g/mol. The van der Waals surface area contributed by atoms with Crippen molar-refractivity contribution < 1.29 is 9.60 Å². The second-order valence-electron chi connectivity index (χ2n) is 2.25. The van der Waals surface area contributed by atoms with Crippen LogP contribution in [-0.2, 0) is 0 Å². The van der Waals surface area contributed by atoms with Gasteiger partial charge in [0.1, 0.15) is 5.82 Å². The van der Waals surface area contributed by atoms with E-state index >= 15 is 0 Å². The predicted octanol–water partition coefficient (Wildman–Crippen LogP) is 1.94. The highest BCUT2D eigenvalue weighted by Crippen LogP contribution is 2.07. The van der Waals surface area contributed by atoms with Gasteiger partial charge in [-0.2, -0.15) is 0 Å². The Morgan fingerprint density at radius 3 is 2.91 bits per heavy atom. The van der Waals surface area contributed by atoms with Crippen molar-refractivity contribution in [2.75, 3.05) is 0 Å². The number of halogens is 1. The monoisotopic (exact) mass is 153 g/mol. The quantitative estimate of drug-likeness (QED) is 0.373. The van der Waals surface area contributed by atoms with Crippen LogP contribution >= 0.6 is 0 Å². The number of hydrogen-bond acceptors (Lipinski definition) is 2. The first-order valence-corrected chi connectivity index (χ1v) is 3.17. The summed E-state index contributed by atoms with van der Waals surface area (Å²) in [7, 11) is 0. The van der Waals surface area contributed by atoms with Gasteiger partial charge in [0.15, 0.2) is 0 Å². The molecule has 0 unspecified atom stereocenters. The Hall–Kier alpha value is -1.38. The summed E-state index contributed by atoms with van der Waals surface area (Å²) in [6, 6.07) is 4.31. The van der Waals surface area contributed by atoms with E-state index in [1.54, 1.807) is 6.07 Å². The van der Waals surface area contributed by atoms with E-state index in [1.807, 2.05) is 6.92 Å². The highest BCUT2D eigenvalue weighted by molar-refractivity contribution is 5.80. The number of benzene rings is 1. The Balaban J connectivity index is 3.12. The fraction of sp³-hybridized carbons (Fsp3) is 0.125. The molecule has 0 aromatic heterocycles. The SMILES string of the molecule is Cc1ccc(F)cc1/C=N\O. The molecule has 3 heteroatoms. The molecule has 0 fully saturated rings. The van der Waals surface area contributed by atoms with E-state index in [2.05, 4.69) is 5.16 Å². The average Bonchev–Trinajstić information content (AvgIpc) is 1.98. The van der Waals surface area contributed by atoms with Gasteiger partial charge in [0.05, 0.1) is 6.21 Å². The Morgan fingerprint density at radius 1 is 1.55 bits per heavy atom. The third-order valence-corrected chi connectivity index (χ3v) is 1.44. The summed E-state index contributed by atoms with van der Waals surface area (Å²) in [5, 5.41) is 11.0. The molecule has 0 bridgehead atoms. The van der Waals surface area contributed by atoms with Gasteiger partial charge in [-0.05, 0) is 24.6 Å². The molecular formula is C8H8FNO. The van der Waals surface area contributed by atoms with Gasteiger partial charge in [-0.15, -0.1) is 0 Å². The molecule has 0 radical (unpaired) electrons. The largest absolute Gasteiger partial charge is 0.411 e. The summed E-state index contributed by atoms with van der Waals surface area (Å²) in [6.07, 6.45) is 1.21. The summed E-state index contributed by atoms with van der Waals surface area (Å²) >= 11 is 0. The third-order valence-electron chi connectivity index (χ3n) is 1.44. The Morgan fingerprint density at radius 2 is 2.27 bits per heavy atom. The van der Waals surface area contributed by atoms with E-state index in [1.165, 1.54) is 18.3 Å². The first-order valence-electron chi connectivity index (χ1n) is 3.17. The van der Waals surface area contributed by atoms with Crippen LogP contribution in [0, 0.1) is 12.7 Å². The van der Waals surface area contributed by atoms with Gasteiger partial charge < -0.3 is 5.21 Å². The lowest BCUT2D eigenvalue weighted by Crippen LogP contribution is -1.87. The number of nitrogens with zero attached hydrogens (tertiary/aromatic N) is 1. The molecule has 0 aliphatic rings. The van der Waals surface area contributed by atoms with Gasteiger partial charge in [-0.25, -0.2) is 4.39 Å². The molecule has 58 valence electrons. The molecule has 2 nitrogen and oxygen atoms in total. The number of oxime groups is 1. The standard InChI is InChI=1S/C8H8FNO/c1-6-2-3-8(9)4-7(6)5-10-11/h2-5,11H,1H3/b10-5-. The van der Waals surface area contributed by atoms with Gasteiger partial charge in [0.2, 0.25) is 0 Å². The minimum atomic E-state index is -0.328. The lowest BCUT2D eigenvalue weighted by Gasteiger charge is -1.96. The van der Waals surface area contributed by atoms with Crippen LogP contribution in [0.1, 0.15) is 11.1 Å². The topological polar surface area (TPSA) is 32.6 Å². The van der Waals surface area contributed by atoms with Crippen molar-refractivity contribution in [3.8, 4) is 0 Å². The Kier molecular flexibility index (Phi) is 2.21. The second kappa shape index (κ2) is 3.14. The molecule has 0 saturated carbocycles. The maximum atomic E-state index is 12.5. The molecule has 1 aromatic rings. The fourth-order valence-electron chi connectivity index (χ4n) is 0.813. The summed E-state index contributed by atoms with van der Waals surface area (Å²) in [6.45, 7) is 1.82. The zero-order chi connectivity index (χ0) is 8.27. The van der Waals surface area contributed by atoms with Gasteiger partial charge in [0, 0.05) is 5.56 Å². The first kappa shape index (κ1) is 7.72. The van der Waals surface area contributed by atoms with Gasteiger partial charge in [0.25, 0.3) is 0 Å². The summed E-state index contributed by atoms with van der Waals surface area (Å²) in [4.78, 5) is 0. The first-order chi connectivity index (χ1) is 5.24. The summed E-state index contributed by atoms with van der Waals surface area (Å²) < 4.78 is 12.5. The van der Waals surface area contributed by atoms with Gasteiger partial charge >= 0.3 is 0 Å². The zero-order valence-electron chi connectivity index (χ0n) is 6.08. The van der Waals surface area contributed by atoms with Gasteiger partial charge in [-0.3, -0.25) is 0 Å². The van der Waals surface area contributed by atoms with E-state index < -0.39 is 0 Å². The van der Waals surface area contributed by atoms with Gasteiger partial charge in [-0.1, -0.05) is 11.2 Å². The lowest BCUT2D eigenvalue weighted by molar-refractivity contribution is 0.322. The van der Waals surface area contributed by atoms with Crippen LogP contribution in [0.15, 0.2) is 23.4 Å². The van der Waals surface area contributed by atoms with Crippen molar-refractivity contribution >= 4 is 6.21 Å². The second-order valence-corrected chi connectivity index (χ2v) is 2.25. The maximum Gasteiger partial charge on any atom is 0.123 e. The Labute approximate surface area is 64.0 Å². The molecule has 0 spiro atoms. The molecule has 0 saturated heterocycles. The van der Waals surface area contributed by atoms with E-state index in [0.29, 0.717) is 5.56 Å². The van der Waals surface area contributed by atoms with E-state index in [-0.39, 0.29) is 5.82 Å². The highest BCUT2D eigenvalue weighted by atomic mass is 19.1. The molecule has 1 rings (SSSR count). The fourth-order valence-corrected chi connectivity index (χ4v) is 0.813. The lowest BCUT2D eigenvalue weighted by atomic mass is 10.1. The molecule has 0 amide bonds. The molecule has 0 aliphatic heterocycles. The van der Waals surface area contributed by atoms with E-state index in [4.69, 9.17) is 5.21 Å². The van der Waals surface area contributed by atoms with Crippen LogP contribution in [0.5, 0.6) is 0 Å². The van der Waals surface area contributed by atoms with Crippen LogP contribution in [0.3, 0.4) is 0 Å². The van der Waals surface area contributed by atoms with Crippen LogP contribution < -0.4 is 0 Å². The van der Waals surface area contributed by atoms with Crippen molar-refractivity contribution in [2.24, 2.45) is 5.16 Å². The molecule has 11 heavy (non-hydrogen) atoms. The molecule has 0 atom stereocenters. The number of aryl methyl sites for hydroxylation is 1. The third kappa shape index (κ3) is 1.77. The zero-order valence-corrected chi connectivity index (χ0v) is 6.08. The number of hydrogen-bond donors (Lipinski definition) is 1.